The standard InChI is InChI=1S/C15H22N2O3/c1-11-7-8-12(17(11)2)13(18)16-15(14(19)20)9-5-3-4-6-10-15/h7-8H,3-6,9-10H2,1-2H3,(H,16,18)(H,19,20). The van der Waals surface area contributed by atoms with Crippen LogP contribution in [0.2, 0.25) is 0 Å². The van der Waals surface area contributed by atoms with E-state index in [0.717, 1.165) is 31.4 Å². The van der Waals surface area contributed by atoms with E-state index in [1.165, 1.54) is 0 Å². The molecule has 2 rings (SSSR count). The molecule has 1 heterocycles. The van der Waals surface area contributed by atoms with Crippen LogP contribution in [0.1, 0.15) is 54.7 Å². The van der Waals surface area contributed by atoms with E-state index < -0.39 is 11.5 Å². The average molecular weight is 278 g/mol. The fourth-order valence-corrected chi connectivity index (χ4v) is 2.85. The Morgan fingerprint density at radius 1 is 1.20 bits per heavy atom. The van der Waals surface area contributed by atoms with Gasteiger partial charge in [0, 0.05) is 12.7 Å². The molecule has 2 N–H and O–H groups in total. The van der Waals surface area contributed by atoms with E-state index in [1.807, 2.05) is 20.0 Å². The second-order valence-electron chi connectivity index (χ2n) is 5.67. The SMILES string of the molecule is Cc1ccc(C(=O)NC2(C(=O)O)CCCCCC2)n1C. The van der Waals surface area contributed by atoms with E-state index in [4.69, 9.17) is 0 Å². The molecule has 1 aliphatic carbocycles. The third-order valence-corrected chi connectivity index (χ3v) is 4.32. The largest absolute Gasteiger partial charge is 0.480 e. The van der Waals surface area contributed by atoms with Crippen molar-refractivity contribution in [3.05, 3.63) is 23.5 Å². The van der Waals surface area contributed by atoms with Gasteiger partial charge in [-0.25, -0.2) is 4.79 Å². The summed E-state index contributed by atoms with van der Waals surface area (Å²) in [5, 5.41) is 12.3. The predicted octanol–water partition coefficient (Wildman–Crippen LogP) is 2.24. The summed E-state index contributed by atoms with van der Waals surface area (Å²) in [6.07, 6.45) is 4.79. The van der Waals surface area contributed by atoms with Crippen LogP contribution < -0.4 is 5.32 Å². The van der Waals surface area contributed by atoms with Gasteiger partial charge < -0.3 is 15.0 Å². The number of carboxylic acids is 1. The van der Waals surface area contributed by atoms with E-state index in [2.05, 4.69) is 5.32 Å². The lowest BCUT2D eigenvalue weighted by molar-refractivity contribution is -0.145. The number of hydrogen-bond acceptors (Lipinski definition) is 2. The van der Waals surface area contributed by atoms with Crippen LogP contribution in [0.25, 0.3) is 0 Å². The zero-order valence-corrected chi connectivity index (χ0v) is 12.1. The summed E-state index contributed by atoms with van der Waals surface area (Å²) < 4.78 is 1.78. The van der Waals surface area contributed by atoms with Gasteiger partial charge in [0.25, 0.3) is 5.91 Å². The molecule has 0 atom stereocenters. The van der Waals surface area contributed by atoms with Crippen molar-refractivity contribution >= 4 is 11.9 Å². The zero-order chi connectivity index (χ0) is 14.8. The monoisotopic (exact) mass is 278 g/mol. The van der Waals surface area contributed by atoms with Gasteiger partial charge in [0.2, 0.25) is 0 Å². The molecule has 1 saturated carbocycles. The highest BCUT2D eigenvalue weighted by molar-refractivity contribution is 5.96. The van der Waals surface area contributed by atoms with Crippen molar-refractivity contribution in [1.29, 1.82) is 0 Å². The fraction of sp³-hybridized carbons (Fsp3) is 0.600. The summed E-state index contributed by atoms with van der Waals surface area (Å²) in [6.45, 7) is 1.91. The molecular formula is C15H22N2O3. The van der Waals surface area contributed by atoms with Crippen molar-refractivity contribution in [3.63, 3.8) is 0 Å². The molecule has 5 heteroatoms. The maximum atomic E-state index is 12.4. The Morgan fingerprint density at radius 3 is 2.25 bits per heavy atom. The summed E-state index contributed by atoms with van der Waals surface area (Å²) in [6, 6.07) is 3.59. The number of aromatic nitrogens is 1. The lowest BCUT2D eigenvalue weighted by Crippen LogP contribution is -2.54. The highest BCUT2D eigenvalue weighted by Gasteiger charge is 2.40. The summed E-state index contributed by atoms with van der Waals surface area (Å²) >= 11 is 0. The van der Waals surface area contributed by atoms with Gasteiger partial charge in [0.1, 0.15) is 11.2 Å². The number of hydrogen-bond donors (Lipinski definition) is 2. The third kappa shape index (κ3) is 2.71. The van der Waals surface area contributed by atoms with Gasteiger partial charge in [0.15, 0.2) is 0 Å². The first-order valence-electron chi connectivity index (χ1n) is 7.14. The van der Waals surface area contributed by atoms with Crippen molar-refractivity contribution in [2.45, 2.75) is 51.0 Å². The summed E-state index contributed by atoms with van der Waals surface area (Å²) in [4.78, 5) is 24.0. The molecule has 0 aliphatic heterocycles. The van der Waals surface area contributed by atoms with E-state index in [1.54, 1.807) is 10.6 Å². The highest BCUT2D eigenvalue weighted by atomic mass is 16.4. The smallest absolute Gasteiger partial charge is 0.329 e. The van der Waals surface area contributed by atoms with Crippen molar-refractivity contribution in [1.82, 2.24) is 9.88 Å². The molecule has 5 nitrogen and oxygen atoms in total. The number of rotatable bonds is 3. The van der Waals surface area contributed by atoms with Crippen LogP contribution in [0.4, 0.5) is 0 Å². The maximum Gasteiger partial charge on any atom is 0.329 e. The van der Waals surface area contributed by atoms with E-state index >= 15 is 0 Å². The number of aliphatic carboxylic acids is 1. The summed E-state index contributed by atoms with van der Waals surface area (Å²) in [5.74, 6) is -1.22. The Kier molecular flexibility index (Phi) is 4.16. The van der Waals surface area contributed by atoms with Gasteiger partial charge >= 0.3 is 5.97 Å². The first-order chi connectivity index (χ1) is 9.46. The van der Waals surface area contributed by atoms with Crippen molar-refractivity contribution in [2.24, 2.45) is 7.05 Å². The second-order valence-corrected chi connectivity index (χ2v) is 5.67. The molecule has 0 bridgehead atoms. The van der Waals surface area contributed by atoms with E-state index in [-0.39, 0.29) is 5.91 Å². The normalized spacial score (nSPS) is 18.3. The van der Waals surface area contributed by atoms with Gasteiger partial charge in [0.05, 0.1) is 0 Å². The Labute approximate surface area is 119 Å². The Hall–Kier alpha value is -1.78. The molecule has 110 valence electrons. The lowest BCUT2D eigenvalue weighted by Gasteiger charge is -2.29. The number of aryl methyl sites for hydroxylation is 1. The van der Waals surface area contributed by atoms with Crippen LogP contribution in [0, 0.1) is 6.92 Å². The second kappa shape index (κ2) is 5.69. The Morgan fingerprint density at radius 2 is 1.80 bits per heavy atom. The number of nitrogens with zero attached hydrogens (tertiary/aromatic N) is 1. The van der Waals surface area contributed by atoms with Crippen LogP contribution >= 0.6 is 0 Å². The Bertz CT molecular complexity index is 511. The van der Waals surface area contributed by atoms with Crippen molar-refractivity contribution in [2.75, 3.05) is 0 Å². The minimum Gasteiger partial charge on any atom is -0.480 e. The number of carbonyl (C=O) groups excluding carboxylic acids is 1. The minimum atomic E-state index is -1.11. The molecule has 0 unspecified atom stereocenters. The summed E-state index contributed by atoms with van der Waals surface area (Å²) in [7, 11) is 1.81. The number of carbonyl (C=O) groups is 2. The van der Waals surface area contributed by atoms with E-state index in [0.29, 0.717) is 18.5 Å². The van der Waals surface area contributed by atoms with Gasteiger partial charge in [-0.05, 0) is 31.9 Å². The zero-order valence-electron chi connectivity index (χ0n) is 12.1. The predicted molar refractivity (Wildman–Crippen MR) is 75.7 cm³/mol. The number of nitrogens with one attached hydrogen (secondary N) is 1. The molecule has 0 spiro atoms. The number of amides is 1. The lowest BCUT2D eigenvalue weighted by atomic mass is 9.90. The average Bonchev–Trinajstić information content (AvgIpc) is 2.63. The van der Waals surface area contributed by atoms with Crippen LogP contribution in [0.5, 0.6) is 0 Å². The highest BCUT2D eigenvalue weighted by Crippen LogP contribution is 2.28. The van der Waals surface area contributed by atoms with Crippen LogP contribution in [-0.4, -0.2) is 27.1 Å². The minimum absolute atomic E-state index is 0.301. The molecule has 1 aromatic heterocycles. The molecule has 1 fully saturated rings. The van der Waals surface area contributed by atoms with Gasteiger partial charge in [-0.15, -0.1) is 0 Å². The maximum absolute atomic E-state index is 12.4. The molecule has 0 aromatic carbocycles. The fourth-order valence-electron chi connectivity index (χ4n) is 2.85. The molecule has 0 saturated heterocycles. The molecular weight excluding hydrogens is 256 g/mol. The van der Waals surface area contributed by atoms with Crippen LogP contribution in [-0.2, 0) is 11.8 Å². The van der Waals surface area contributed by atoms with Crippen molar-refractivity contribution < 1.29 is 14.7 Å². The molecule has 0 radical (unpaired) electrons. The Balaban J connectivity index is 2.22. The molecule has 1 aliphatic rings. The first-order valence-corrected chi connectivity index (χ1v) is 7.14. The third-order valence-electron chi connectivity index (χ3n) is 4.32. The quantitative estimate of drug-likeness (QED) is 0.833. The van der Waals surface area contributed by atoms with Crippen molar-refractivity contribution in [3.8, 4) is 0 Å². The number of carboxylic acid groups (broad SMARTS) is 1. The topological polar surface area (TPSA) is 71.3 Å². The van der Waals surface area contributed by atoms with Gasteiger partial charge in [-0.2, -0.15) is 0 Å². The summed E-state index contributed by atoms with van der Waals surface area (Å²) in [5.41, 5.74) is 0.374. The molecule has 20 heavy (non-hydrogen) atoms. The van der Waals surface area contributed by atoms with Crippen LogP contribution in [0.15, 0.2) is 12.1 Å². The van der Waals surface area contributed by atoms with E-state index in [9.17, 15) is 14.7 Å². The van der Waals surface area contributed by atoms with Crippen LogP contribution in [0.3, 0.4) is 0 Å². The molecule has 1 amide bonds. The van der Waals surface area contributed by atoms with Gasteiger partial charge in [-0.3, -0.25) is 4.79 Å². The molecule has 1 aromatic rings. The first kappa shape index (κ1) is 14.6. The van der Waals surface area contributed by atoms with Gasteiger partial charge in [-0.1, -0.05) is 25.7 Å².